The van der Waals surface area contributed by atoms with Gasteiger partial charge in [-0.25, -0.2) is 4.79 Å². The molecular formula is C12H14N4O2. The monoisotopic (exact) mass is 246 g/mol. The third-order valence-electron chi connectivity index (χ3n) is 3.05. The summed E-state index contributed by atoms with van der Waals surface area (Å²) in [6, 6.07) is 7.29. The first-order valence-electron chi connectivity index (χ1n) is 5.83. The van der Waals surface area contributed by atoms with E-state index in [-0.39, 0.29) is 5.69 Å². The fourth-order valence-corrected chi connectivity index (χ4v) is 2.08. The Bertz CT molecular complexity index is 612. The quantitative estimate of drug-likeness (QED) is 0.819. The molecule has 6 nitrogen and oxygen atoms in total. The average Bonchev–Trinajstić information content (AvgIpc) is 2.77. The average molecular weight is 246 g/mol. The normalized spacial score (nSPS) is 14.3. The zero-order chi connectivity index (χ0) is 12.5. The van der Waals surface area contributed by atoms with E-state index in [0.717, 1.165) is 23.8 Å². The van der Waals surface area contributed by atoms with Gasteiger partial charge < -0.3 is 10.1 Å². The molecule has 0 unspecified atom stereocenters. The molecule has 0 radical (unpaired) electrons. The fourth-order valence-electron chi connectivity index (χ4n) is 2.08. The Kier molecular flexibility index (Phi) is 2.64. The third kappa shape index (κ3) is 1.70. The molecule has 0 atom stereocenters. The third-order valence-corrected chi connectivity index (χ3v) is 3.05. The molecule has 0 bridgehead atoms. The number of rotatable bonds is 2. The van der Waals surface area contributed by atoms with Gasteiger partial charge in [0.2, 0.25) is 0 Å². The molecule has 0 spiro atoms. The van der Waals surface area contributed by atoms with Crippen LogP contribution in [-0.4, -0.2) is 28.0 Å². The van der Waals surface area contributed by atoms with Crippen molar-refractivity contribution in [3.8, 4) is 11.4 Å². The van der Waals surface area contributed by atoms with Crippen LogP contribution >= 0.6 is 0 Å². The predicted octanol–water partition coefficient (Wildman–Crippen LogP) is 0.146. The van der Waals surface area contributed by atoms with Crippen LogP contribution in [-0.2, 0) is 13.1 Å². The number of nitrogens with zero attached hydrogens (tertiary/aromatic N) is 3. The number of hydrogen-bond donors (Lipinski definition) is 1. The summed E-state index contributed by atoms with van der Waals surface area (Å²) in [5, 5.41) is 7.54. The number of ether oxygens (including phenoxy) is 1. The molecule has 2 heterocycles. The standard InChI is InChI=1S/C12H14N4O2/c1-18-10-4-2-9(3-5-10)16-12(17)15-7-6-13-8-11(15)14-16/h2-5,13H,6-8H2,1H3. The Balaban J connectivity index is 2.05. The highest BCUT2D eigenvalue weighted by Gasteiger charge is 2.16. The van der Waals surface area contributed by atoms with Crippen LogP contribution in [0.25, 0.3) is 5.69 Å². The lowest BCUT2D eigenvalue weighted by Crippen LogP contribution is -2.34. The molecule has 1 aromatic heterocycles. The van der Waals surface area contributed by atoms with E-state index in [4.69, 9.17) is 4.74 Å². The molecule has 0 fully saturated rings. The molecule has 1 aliphatic heterocycles. The number of nitrogens with one attached hydrogen (secondary N) is 1. The number of methoxy groups -OCH3 is 1. The SMILES string of the molecule is COc1ccc(-n2nc3n(c2=O)CCNC3)cc1. The Labute approximate surface area is 104 Å². The van der Waals surface area contributed by atoms with Crippen LogP contribution in [0, 0.1) is 0 Å². The first-order chi connectivity index (χ1) is 8.79. The van der Waals surface area contributed by atoms with Gasteiger partial charge in [0.05, 0.1) is 19.3 Å². The van der Waals surface area contributed by atoms with Gasteiger partial charge >= 0.3 is 5.69 Å². The van der Waals surface area contributed by atoms with Crippen molar-refractivity contribution in [1.29, 1.82) is 0 Å². The molecule has 2 aromatic rings. The van der Waals surface area contributed by atoms with Crippen LogP contribution in [0.3, 0.4) is 0 Å². The van der Waals surface area contributed by atoms with Crippen LogP contribution in [0.4, 0.5) is 0 Å². The highest BCUT2D eigenvalue weighted by atomic mass is 16.5. The first-order valence-corrected chi connectivity index (χ1v) is 5.83. The topological polar surface area (TPSA) is 61.1 Å². The molecule has 3 rings (SSSR count). The predicted molar refractivity (Wildman–Crippen MR) is 66.1 cm³/mol. The second-order valence-corrected chi connectivity index (χ2v) is 4.14. The van der Waals surface area contributed by atoms with Crippen molar-refractivity contribution >= 4 is 0 Å². The molecule has 18 heavy (non-hydrogen) atoms. The zero-order valence-corrected chi connectivity index (χ0v) is 10.1. The van der Waals surface area contributed by atoms with E-state index in [9.17, 15) is 4.79 Å². The van der Waals surface area contributed by atoms with Crippen molar-refractivity contribution in [3.05, 3.63) is 40.6 Å². The van der Waals surface area contributed by atoms with E-state index < -0.39 is 0 Å². The van der Waals surface area contributed by atoms with Crippen molar-refractivity contribution in [2.45, 2.75) is 13.1 Å². The summed E-state index contributed by atoms with van der Waals surface area (Å²) in [6.45, 7) is 2.12. The minimum Gasteiger partial charge on any atom is -0.497 e. The molecule has 1 N–H and O–H groups in total. The summed E-state index contributed by atoms with van der Waals surface area (Å²) in [7, 11) is 1.61. The molecule has 0 aliphatic carbocycles. The van der Waals surface area contributed by atoms with Gasteiger partial charge in [-0.3, -0.25) is 4.57 Å². The van der Waals surface area contributed by atoms with E-state index >= 15 is 0 Å². The smallest absolute Gasteiger partial charge is 0.350 e. The number of aromatic nitrogens is 3. The van der Waals surface area contributed by atoms with Crippen LogP contribution in [0.5, 0.6) is 5.75 Å². The number of hydrogen-bond acceptors (Lipinski definition) is 4. The fraction of sp³-hybridized carbons (Fsp3) is 0.333. The molecule has 0 amide bonds. The van der Waals surface area contributed by atoms with Crippen molar-refractivity contribution < 1.29 is 4.74 Å². The van der Waals surface area contributed by atoms with Gasteiger partial charge in [0, 0.05) is 13.1 Å². The lowest BCUT2D eigenvalue weighted by atomic mass is 10.3. The summed E-state index contributed by atoms with van der Waals surface area (Å²) in [5.41, 5.74) is 0.666. The minimum atomic E-state index is -0.0864. The first kappa shape index (κ1) is 11.0. The van der Waals surface area contributed by atoms with Crippen molar-refractivity contribution in [2.24, 2.45) is 0 Å². The molecule has 0 saturated carbocycles. The zero-order valence-electron chi connectivity index (χ0n) is 10.1. The number of benzene rings is 1. The van der Waals surface area contributed by atoms with E-state index in [1.54, 1.807) is 11.7 Å². The van der Waals surface area contributed by atoms with Gasteiger partial charge in [-0.2, -0.15) is 4.68 Å². The molecular weight excluding hydrogens is 232 g/mol. The Hall–Kier alpha value is -2.08. The van der Waals surface area contributed by atoms with Gasteiger partial charge in [0.1, 0.15) is 11.6 Å². The summed E-state index contributed by atoms with van der Waals surface area (Å²) in [4.78, 5) is 12.2. The highest BCUT2D eigenvalue weighted by molar-refractivity contribution is 5.36. The highest BCUT2D eigenvalue weighted by Crippen LogP contribution is 2.13. The van der Waals surface area contributed by atoms with Gasteiger partial charge in [-0.15, -0.1) is 5.10 Å². The van der Waals surface area contributed by atoms with Crippen LogP contribution in [0.2, 0.25) is 0 Å². The largest absolute Gasteiger partial charge is 0.497 e. The minimum absolute atomic E-state index is 0.0864. The van der Waals surface area contributed by atoms with Crippen LogP contribution in [0.1, 0.15) is 5.82 Å². The maximum absolute atomic E-state index is 12.2. The summed E-state index contributed by atoms with van der Waals surface area (Å²) in [6.07, 6.45) is 0. The lowest BCUT2D eigenvalue weighted by molar-refractivity contribution is 0.414. The van der Waals surface area contributed by atoms with Crippen LogP contribution < -0.4 is 15.7 Å². The molecule has 6 heteroatoms. The number of fused-ring (bicyclic) bond motifs is 1. The molecule has 1 aromatic carbocycles. The van der Waals surface area contributed by atoms with Crippen molar-refractivity contribution in [1.82, 2.24) is 19.7 Å². The second-order valence-electron chi connectivity index (χ2n) is 4.14. The van der Waals surface area contributed by atoms with Gasteiger partial charge in [-0.1, -0.05) is 0 Å². The Morgan fingerprint density at radius 2 is 2.11 bits per heavy atom. The maximum Gasteiger partial charge on any atom is 0.350 e. The van der Waals surface area contributed by atoms with E-state index in [1.807, 2.05) is 24.3 Å². The van der Waals surface area contributed by atoms with E-state index in [0.29, 0.717) is 13.1 Å². The van der Waals surface area contributed by atoms with E-state index in [2.05, 4.69) is 10.4 Å². The molecule has 0 saturated heterocycles. The van der Waals surface area contributed by atoms with Gasteiger partial charge in [-0.05, 0) is 24.3 Å². The molecule has 1 aliphatic rings. The Morgan fingerprint density at radius 1 is 1.33 bits per heavy atom. The lowest BCUT2D eigenvalue weighted by Gasteiger charge is -2.11. The van der Waals surface area contributed by atoms with Gasteiger partial charge in [0.25, 0.3) is 0 Å². The van der Waals surface area contributed by atoms with Gasteiger partial charge in [0.15, 0.2) is 0 Å². The van der Waals surface area contributed by atoms with E-state index in [1.165, 1.54) is 4.68 Å². The van der Waals surface area contributed by atoms with Crippen molar-refractivity contribution in [3.63, 3.8) is 0 Å². The summed E-state index contributed by atoms with van der Waals surface area (Å²) in [5.74, 6) is 1.54. The maximum atomic E-state index is 12.2. The van der Waals surface area contributed by atoms with Crippen molar-refractivity contribution in [2.75, 3.05) is 13.7 Å². The Morgan fingerprint density at radius 3 is 2.78 bits per heavy atom. The summed E-state index contributed by atoms with van der Waals surface area (Å²) < 4.78 is 8.23. The second kappa shape index (κ2) is 4.30. The van der Waals surface area contributed by atoms with Crippen LogP contribution in [0.15, 0.2) is 29.1 Å². The summed E-state index contributed by atoms with van der Waals surface area (Å²) >= 11 is 0. The molecule has 94 valence electrons.